The van der Waals surface area contributed by atoms with Crippen molar-refractivity contribution in [2.24, 2.45) is 50.7 Å². The quantitative estimate of drug-likeness (QED) is 0.278. The largest absolute Gasteiger partial charge is 0.457 e. The van der Waals surface area contributed by atoms with Gasteiger partial charge in [0.2, 0.25) is 0 Å². The number of aliphatic hydroxyl groups excluding tert-OH is 3. The normalized spacial score (nSPS) is 55.8. The fourth-order valence-corrected chi connectivity index (χ4v) is 14.7. The van der Waals surface area contributed by atoms with E-state index in [9.17, 15) is 24.9 Å². The van der Waals surface area contributed by atoms with E-state index in [-0.39, 0.29) is 58.3 Å². The number of aliphatic hydroxyl groups is 3. The van der Waals surface area contributed by atoms with Gasteiger partial charge >= 0.3 is 11.9 Å². The monoisotopic (exact) mass is 704 g/mol. The van der Waals surface area contributed by atoms with Crippen molar-refractivity contribution in [1.82, 2.24) is 0 Å². The lowest BCUT2D eigenvalue weighted by Gasteiger charge is -2.63. The van der Waals surface area contributed by atoms with Crippen molar-refractivity contribution in [1.29, 1.82) is 0 Å². The number of hydrogen-bond acceptors (Lipinski definition) is 11. The van der Waals surface area contributed by atoms with Crippen LogP contribution in [0.2, 0.25) is 0 Å². The summed E-state index contributed by atoms with van der Waals surface area (Å²) in [7, 11) is 0. The number of carbonyl (C=O) groups is 2. The summed E-state index contributed by atoms with van der Waals surface area (Å²) in [5, 5.41) is 33.8. The van der Waals surface area contributed by atoms with E-state index in [1.54, 1.807) is 0 Å². The zero-order valence-corrected chi connectivity index (χ0v) is 31.4. The Labute approximate surface area is 296 Å². The molecule has 2 bridgehead atoms. The summed E-state index contributed by atoms with van der Waals surface area (Å²) in [5.74, 6) is -1.07. The van der Waals surface area contributed by atoms with Gasteiger partial charge in [-0.25, -0.2) is 0 Å². The fourth-order valence-electron chi connectivity index (χ4n) is 14.7. The van der Waals surface area contributed by atoms with Crippen LogP contribution in [-0.4, -0.2) is 94.3 Å². The van der Waals surface area contributed by atoms with E-state index in [0.717, 1.165) is 51.4 Å². The molecule has 3 saturated heterocycles. The lowest BCUT2D eigenvalue weighted by molar-refractivity contribution is -0.305. The number of ether oxygens (including phenoxy) is 6. The summed E-state index contributed by atoms with van der Waals surface area (Å²) in [6, 6.07) is 0. The lowest BCUT2D eigenvalue weighted by atomic mass is 9.41. The molecule has 5 aliphatic carbocycles. The summed E-state index contributed by atoms with van der Waals surface area (Å²) >= 11 is 0. The maximum atomic E-state index is 12.9. The molecule has 0 unspecified atom stereocenters. The van der Waals surface area contributed by atoms with Gasteiger partial charge in [-0.2, -0.15) is 0 Å². The van der Waals surface area contributed by atoms with E-state index < -0.39 is 59.6 Å². The molecule has 3 aliphatic heterocycles. The predicted molar refractivity (Wildman–Crippen MR) is 178 cm³/mol. The topological polar surface area (TPSA) is 150 Å². The fraction of sp³-hybridized carbons (Fsp3) is 0.949. The van der Waals surface area contributed by atoms with Crippen LogP contribution in [0.4, 0.5) is 0 Å². The molecule has 0 radical (unpaired) electrons. The summed E-state index contributed by atoms with van der Waals surface area (Å²) in [4.78, 5) is 24.0. The van der Waals surface area contributed by atoms with E-state index >= 15 is 0 Å². The van der Waals surface area contributed by atoms with Crippen LogP contribution in [-0.2, 0) is 38.0 Å². The molecule has 0 aromatic rings. The van der Waals surface area contributed by atoms with Crippen LogP contribution >= 0.6 is 0 Å². The SMILES string of the molecule is CC(=O)O[C@@H]1[C@@H](O[C@H]2CC[C@]34C[C@]35CC[C@]3(C)[C@H]6[C@H](C)C[C@H]7O[C@@]6(O[C@@H]7C(C)(C)OC(C)=O)[C@H](O)[C@@]3(C)[C@@H]5CC[C@H]4C2(C)C)OC[C@H](O)[C@H]1O. The van der Waals surface area contributed by atoms with Gasteiger partial charge in [0.1, 0.15) is 30.0 Å². The smallest absolute Gasteiger partial charge is 0.303 e. The Morgan fingerprint density at radius 2 is 1.56 bits per heavy atom. The third kappa shape index (κ3) is 4.29. The number of fused-ring (bicyclic) bond motifs is 4. The Morgan fingerprint density at radius 3 is 2.24 bits per heavy atom. The molecule has 3 heterocycles. The molecule has 282 valence electrons. The maximum absolute atomic E-state index is 12.9. The summed E-state index contributed by atoms with van der Waals surface area (Å²) in [6.45, 7) is 18.0. The van der Waals surface area contributed by atoms with Crippen LogP contribution in [0.3, 0.4) is 0 Å². The van der Waals surface area contributed by atoms with Crippen LogP contribution in [0.25, 0.3) is 0 Å². The minimum Gasteiger partial charge on any atom is -0.457 e. The molecule has 8 rings (SSSR count). The summed E-state index contributed by atoms with van der Waals surface area (Å²) in [6.07, 6.45) is 1.64. The van der Waals surface area contributed by atoms with Gasteiger partial charge in [-0.15, -0.1) is 0 Å². The van der Waals surface area contributed by atoms with Crippen molar-refractivity contribution in [2.45, 2.75) is 174 Å². The highest BCUT2D eigenvalue weighted by Gasteiger charge is 2.88. The first-order chi connectivity index (χ1) is 23.2. The molecule has 8 fully saturated rings. The number of carbonyl (C=O) groups excluding carboxylic acids is 2. The second-order valence-electron chi connectivity index (χ2n) is 19.4. The van der Waals surface area contributed by atoms with Gasteiger partial charge in [0.25, 0.3) is 0 Å². The molecule has 8 aliphatic rings. The molecular formula is C39H60O11. The lowest BCUT2D eigenvalue weighted by Crippen LogP contribution is -2.61. The zero-order chi connectivity index (χ0) is 36.2. The van der Waals surface area contributed by atoms with Gasteiger partial charge in [-0.1, -0.05) is 34.6 Å². The molecule has 3 N–H and O–H groups in total. The molecule has 0 aromatic carbocycles. The van der Waals surface area contributed by atoms with Gasteiger partial charge < -0.3 is 43.7 Å². The van der Waals surface area contributed by atoms with Gasteiger partial charge in [-0.3, -0.25) is 9.59 Å². The van der Waals surface area contributed by atoms with E-state index in [1.165, 1.54) is 13.8 Å². The maximum Gasteiger partial charge on any atom is 0.303 e. The Hall–Kier alpha value is -1.34. The molecule has 3 spiro atoms. The highest BCUT2D eigenvalue weighted by Crippen LogP contribution is 2.90. The highest BCUT2D eigenvalue weighted by atomic mass is 16.8. The molecule has 17 atom stereocenters. The van der Waals surface area contributed by atoms with Crippen molar-refractivity contribution in [2.75, 3.05) is 6.61 Å². The zero-order valence-electron chi connectivity index (χ0n) is 31.4. The average molecular weight is 705 g/mol. The van der Waals surface area contributed by atoms with Crippen molar-refractivity contribution in [3.8, 4) is 0 Å². The number of rotatable bonds is 5. The van der Waals surface area contributed by atoms with Crippen molar-refractivity contribution in [3.63, 3.8) is 0 Å². The van der Waals surface area contributed by atoms with Gasteiger partial charge in [-0.05, 0) is 105 Å². The Morgan fingerprint density at radius 1 is 0.880 bits per heavy atom. The standard InChI is InChI=1S/C39H60O11/c1-19-16-23-30(34(6,7)48-21(3)41)50-39(49-23)29(19)35(8)14-15-38-18-37(38)13-12-26(47-31-28(46-20(2)40)27(43)22(42)17-45-31)33(4,5)24(37)10-11-25(38)36(35,9)32(39)44/h19,22-32,42-44H,10-18H2,1-9H3/t19-,22+,23-,24+,25+,26+,27-,28+,29-,30+,31-,32-,35-,36-,37-,38+,39+/m1/s1. The number of hydrogen-bond donors (Lipinski definition) is 3. The third-order valence-electron chi connectivity index (χ3n) is 16.6. The van der Waals surface area contributed by atoms with Crippen molar-refractivity contribution >= 4 is 11.9 Å². The second-order valence-corrected chi connectivity index (χ2v) is 19.4. The Balaban J connectivity index is 1.08. The van der Waals surface area contributed by atoms with E-state index in [1.807, 2.05) is 13.8 Å². The van der Waals surface area contributed by atoms with Gasteiger partial charge in [0, 0.05) is 25.2 Å². The van der Waals surface area contributed by atoms with Crippen LogP contribution in [0.15, 0.2) is 0 Å². The second kappa shape index (κ2) is 10.9. The highest BCUT2D eigenvalue weighted by molar-refractivity contribution is 5.66. The molecule has 11 heteroatoms. The Bertz CT molecular complexity index is 1430. The number of esters is 2. The van der Waals surface area contributed by atoms with Crippen molar-refractivity contribution in [3.05, 3.63) is 0 Å². The minimum atomic E-state index is -1.29. The first kappa shape index (κ1) is 35.7. The van der Waals surface area contributed by atoms with Crippen LogP contribution in [0.5, 0.6) is 0 Å². The molecule has 0 aromatic heterocycles. The van der Waals surface area contributed by atoms with Crippen LogP contribution in [0.1, 0.15) is 114 Å². The van der Waals surface area contributed by atoms with Crippen molar-refractivity contribution < 1.29 is 53.3 Å². The Kier molecular flexibility index (Phi) is 7.76. The molecule has 5 saturated carbocycles. The predicted octanol–water partition coefficient (Wildman–Crippen LogP) is 4.26. The average Bonchev–Trinajstić information content (AvgIpc) is 3.53. The summed E-state index contributed by atoms with van der Waals surface area (Å²) in [5.41, 5.74) is -1.51. The first-order valence-corrected chi connectivity index (χ1v) is 19.3. The summed E-state index contributed by atoms with van der Waals surface area (Å²) < 4.78 is 37.7. The van der Waals surface area contributed by atoms with Gasteiger partial charge in [0.15, 0.2) is 18.2 Å². The van der Waals surface area contributed by atoms with E-state index in [0.29, 0.717) is 11.8 Å². The molecule has 0 amide bonds. The first-order valence-electron chi connectivity index (χ1n) is 19.3. The third-order valence-corrected chi connectivity index (χ3v) is 16.6. The van der Waals surface area contributed by atoms with Crippen LogP contribution < -0.4 is 0 Å². The van der Waals surface area contributed by atoms with Crippen LogP contribution in [0, 0.1) is 50.7 Å². The van der Waals surface area contributed by atoms with E-state index in [2.05, 4.69) is 34.6 Å². The molecule has 11 nitrogen and oxygen atoms in total. The van der Waals surface area contributed by atoms with Gasteiger partial charge in [0.05, 0.1) is 18.8 Å². The van der Waals surface area contributed by atoms with E-state index in [4.69, 9.17) is 28.4 Å². The molecule has 50 heavy (non-hydrogen) atoms. The minimum absolute atomic E-state index is 0.0178. The molecular weight excluding hydrogens is 644 g/mol.